The molecule has 0 aliphatic rings. The number of rotatable bonds is 2. The monoisotopic (exact) mass is 184 g/mol. The maximum absolute atomic E-state index is 5.67. The second kappa shape index (κ2) is 3.63. The van der Waals surface area contributed by atoms with E-state index in [4.69, 9.17) is 16.0 Å². The molecule has 0 heterocycles. The minimum Gasteiger partial charge on any atom is -0.472 e. The van der Waals surface area contributed by atoms with Crippen molar-refractivity contribution in [1.29, 1.82) is 0 Å². The third-order valence-electron chi connectivity index (χ3n) is 1.32. The average Bonchev–Trinajstić information content (AvgIpc) is 1.96. The van der Waals surface area contributed by atoms with E-state index in [2.05, 4.69) is 0 Å². The Hall–Kier alpha value is -0.950. The van der Waals surface area contributed by atoms with Gasteiger partial charge in [0.15, 0.2) is 0 Å². The highest BCUT2D eigenvalue weighted by molar-refractivity contribution is 7.51. The fraction of sp³-hybridized carbons (Fsp3) is 0.250. The molecule has 12 heavy (non-hydrogen) atoms. The molecule has 4 heteroatoms. The first kappa shape index (κ1) is 9.14. The Labute approximate surface area is 73.5 Å². The lowest BCUT2D eigenvalue weighted by atomic mass is 10.3. The molecule has 4 N–H and O–H groups in total. The molecule has 0 saturated heterocycles. The predicted octanol–water partition coefficient (Wildman–Crippen LogP) is 1.89. The van der Waals surface area contributed by atoms with Crippen molar-refractivity contribution in [3.05, 3.63) is 18.2 Å². The number of benzene rings is 1. The molecule has 66 valence electrons. The van der Waals surface area contributed by atoms with Gasteiger partial charge in [-0.15, -0.1) is 0 Å². The van der Waals surface area contributed by atoms with E-state index in [0.717, 1.165) is 0 Å². The van der Waals surface area contributed by atoms with Crippen molar-refractivity contribution >= 4 is 19.5 Å². The lowest BCUT2D eigenvalue weighted by Gasteiger charge is -2.11. The van der Waals surface area contributed by atoms with Crippen LogP contribution in [0, 0.1) is 0 Å². The SMILES string of the molecule is CP(C)Oc1cc(N)ccc1N. The van der Waals surface area contributed by atoms with Crippen LogP contribution in [0.15, 0.2) is 18.2 Å². The van der Waals surface area contributed by atoms with Gasteiger partial charge in [-0.05, 0) is 25.5 Å². The highest BCUT2D eigenvalue weighted by Gasteiger charge is 2.02. The standard InChI is InChI=1S/C8H13N2OP/c1-12(2)11-8-5-6(9)3-4-7(8)10/h3-5H,9-10H2,1-2H3. The molecule has 3 nitrogen and oxygen atoms in total. The van der Waals surface area contributed by atoms with E-state index in [0.29, 0.717) is 17.1 Å². The third kappa shape index (κ3) is 2.28. The van der Waals surface area contributed by atoms with Gasteiger partial charge < -0.3 is 16.0 Å². The normalized spacial score (nSPS) is 10.2. The van der Waals surface area contributed by atoms with Crippen molar-refractivity contribution in [2.45, 2.75) is 0 Å². The average molecular weight is 184 g/mol. The molecule has 0 saturated carbocycles. The van der Waals surface area contributed by atoms with Crippen molar-refractivity contribution in [2.24, 2.45) is 0 Å². The molecule has 0 aromatic heterocycles. The van der Waals surface area contributed by atoms with Crippen LogP contribution in [0.5, 0.6) is 5.75 Å². The molecule has 0 amide bonds. The van der Waals surface area contributed by atoms with Crippen molar-refractivity contribution in [3.8, 4) is 5.75 Å². The Bertz CT molecular complexity index is 276. The Morgan fingerprint density at radius 1 is 1.25 bits per heavy atom. The lowest BCUT2D eigenvalue weighted by Crippen LogP contribution is -1.94. The van der Waals surface area contributed by atoms with E-state index in [1.54, 1.807) is 18.2 Å². The minimum absolute atomic E-state index is 0.441. The molecular formula is C8H13N2OP. The van der Waals surface area contributed by atoms with Crippen molar-refractivity contribution in [3.63, 3.8) is 0 Å². The molecule has 0 aliphatic carbocycles. The van der Waals surface area contributed by atoms with Gasteiger partial charge >= 0.3 is 0 Å². The first-order valence-corrected chi connectivity index (χ1v) is 5.75. The molecule has 0 unspecified atom stereocenters. The van der Waals surface area contributed by atoms with Crippen molar-refractivity contribution in [2.75, 3.05) is 24.8 Å². The van der Waals surface area contributed by atoms with Crippen LogP contribution in [-0.2, 0) is 0 Å². The summed E-state index contributed by atoms with van der Waals surface area (Å²) in [5.74, 6) is 0.686. The van der Waals surface area contributed by atoms with Gasteiger partial charge in [0.2, 0.25) is 0 Å². The van der Waals surface area contributed by atoms with Crippen LogP contribution >= 0.6 is 8.15 Å². The van der Waals surface area contributed by atoms with E-state index in [-0.39, 0.29) is 0 Å². The van der Waals surface area contributed by atoms with Crippen LogP contribution in [0.1, 0.15) is 0 Å². The summed E-state index contributed by atoms with van der Waals surface area (Å²) in [5.41, 5.74) is 12.6. The molecule has 1 aromatic carbocycles. The Balaban J connectivity index is 2.90. The predicted molar refractivity (Wildman–Crippen MR) is 54.7 cm³/mol. The highest BCUT2D eigenvalue weighted by atomic mass is 31.1. The van der Waals surface area contributed by atoms with Crippen molar-refractivity contribution < 1.29 is 4.52 Å². The molecule has 0 aliphatic heterocycles. The van der Waals surface area contributed by atoms with Gasteiger partial charge in [0, 0.05) is 11.8 Å². The largest absolute Gasteiger partial charge is 0.472 e. The molecule has 0 fully saturated rings. The van der Waals surface area contributed by atoms with Gasteiger partial charge in [-0.1, -0.05) is 0 Å². The Morgan fingerprint density at radius 3 is 2.50 bits per heavy atom. The molecule has 0 atom stereocenters. The number of hydrogen-bond donors (Lipinski definition) is 2. The second-order valence-corrected chi connectivity index (χ2v) is 4.51. The van der Waals surface area contributed by atoms with E-state index in [1.807, 2.05) is 13.3 Å². The topological polar surface area (TPSA) is 61.3 Å². The zero-order chi connectivity index (χ0) is 9.14. The molecule has 0 bridgehead atoms. The molecule has 1 aromatic rings. The van der Waals surface area contributed by atoms with Crippen LogP contribution in [0.4, 0.5) is 11.4 Å². The van der Waals surface area contributed by atoms with Crippen LogP contribution in [-0.4, -0.2) is 13.3 Å². The fourth-order valence-electron chi connectivity index (χ4n) is 0.827. The summed E-state index contributed by atoms with van der Waals surface area (Å²) in [6.45, 7) is 4.02. The van der Waals surface area contributed by atoms with Gasteiger partial charge in [-0.25, -0.2) is 0 Å². The Morgan fingerprint density at radius 2 is 1.92 bits per heavy atom. The smallest absolute Gasteiger partial charge is 0.148 e. The lowest BCUT2D eigenvalue weighted by molar-refractivity contribution is 0.627. The number of anilines is 2. The third-order valence-corrected chi connectivity index (χ3v) is 1.88. The van der Waals surface area contributed by atoms with Crippen LogP contribution < -0.4 is 16.0 Å². The fourth-order valence-corrected chi connectivity index (χ4v) is 1.38. The van der Waals surface area contributed by atoms with E-state index < -0.39 is 8.15 Å². The summed E-state index contributed by atoms with van der Waals surface area (Å²) in [7, 11) is -0.441. The van der Waals surface area contributed by atoms with Crippen molar-refractivity contribution in [1.82, 2.24) is 0 Å². The number of nitrogens with two attached hydrogens (primary N) is 2. The minimum atomic E-state index is -0.441. The first-order valence-electron chi connectivity index (χ1n) is 3.60. The highest BCUT2D eigenvalue weighted by Crippen LogP contribution is 2.34. The Kier molecular flexibility index (Phi) is 2.77. The summed E-state index contributed by atoms with van der Waals surface area (Å²) in [6.07, 6.45) is 0. The zero-order valence-electron chi connectivity index (χ0n) is 7.24. The van der Waals surface area contributed by atoms with Gasteiger partial charge in [-0.2, -0.15) is 0 Å². The zero-order valence-corrected chi connectivity index (χ0v) is 8.14. The van der Waals surface area contributed by atoms with Crippen LogP contribution in [0.2, 0.25) is 0 Å². The van der Waals surface area contributed by atoms with E-state index in [9.17, 15) is 0 Å². The van der Waals surface area contributed by atoms with Crippen LogP contribution in [0.25, 0.3) is 0 Å². The summed E-state index contributed by atoms with van der Waals surface area (Å²) < 4.78 is 5.49. The molecule has 0 radical (unpaired) electrons. The second-order valence-electron chi connectivity index (χ2n) is 2.70. The number of hydrogen-bond acceptors (Lipinski definition) is 3. The molecular weight excluding hydrogens is 171 g/mol. The summed E-state index contributed by atoms with van der Waals surface area (Å²) >= 11 is 0. The quantitative estimate of drug-likeness (QED) is 0.545. The maximum atomic E-state index is 5.67. The van der Waals surface area contributed by atoms with Crippen LogP contribution in [0.3, 0.4) is 0 Å². The van der Waals surface area contributed by atoms with Gasteiger partial charge in [0.25, 0.3) is 0 Å². The van der Waals surface area contributed by atoms with E-state index in [1.165, 1.54) is 0 Å². The summed E-state index contributed by atoms with van der Waals surface area (Å²) in [5, 5.41) is 0. The molecule has 0 spiro atoms. The first-order chi connectivity index (χ1) is 5.59. The van der Waals surface area contributed by atoms with Gasteiger partial charge in [0.05, 0.1) is 13.8 Å². The van der Waals surface area contributed by atoms with Gasteiger partial charge in [0.1, 0.15) is 5.75 Å². The summed E-state index contributed by atoms with van der Waals surface area (Å²) in [6, 6.07) is 5.26. The summed E-state index contributed by atoms with van der Waals surface area (Å²) in [4.78, 5) is 0. The van der Waals surface area contributed by atoms with Gasteiger partial charge in [-0.3, -0.25) is 0 Å². The maximum Gasteiger partial charge on any atom is 0.148 e. The number of nitrogen functional groups attached to an aromatic ring is 2. The van der Waals surface area contributed by atoms with E-state index >= 15 is 0 Å². The molecule has 1 rings (SSSR count).